The maximum Gasteiger partial charge on any atom is 0.342 e. The molecule has 0 spiro atoms. The van der Waals surface area contributed by atoms with Gasteiger partial charge in [-0.05, 0) is 36.4 Å². The average Bonchev–Trinajstić information content (AvgIpc) is 3.24. The van der Waals surface area contributed by atoms with Gasteiger partial charge in [0.25, 0.3) is 0 Å². The van der Waals surface area contributed by atoms with E-state index in [0.29, 0.717) is 22.2 Å². The topological polar surface area (TPSA) is 127 Å². The molecule has 3 rings (SSSR count). The zero-order valence-electron chi connectivity index (χ0n) is 16.9. The van der Waals surface area contributed by atoms with Gasteiger partial charge in [-0.15, -0.1) is 11.3 Å². The number of esters is 1. The van der Waals surface area contributed by atoms with Crippen molar-refractivity contribution in [2.24, 2.45) is 5.14 Å². The van der Waals surface area contributed by atoms with E-state index in [1.807, 2.05) is 6.07 Å². The van der Waals surface area contributed by atoms with Gasteiger partial charge in [0.2, 0.25) is 10.0 Å². The van der Waals surface area contributed by atoms with Gasteiger partial charge in [0.1, 0.15) is 22.9 Å². The molecule has 0 aliphatic heterocycles. The number of aromatic nitrogens is 1. The van der Waals surface area contributed by atoms with Crippen LogP contribution in [0.3, 0.4) is 0 Å². The smallest absolute Gasteiger partial charge is 0.342 e. The maximum absolute atomic E-state index is 12.5. The second-order valence-corrected chi connectivity index (χ2v) is 8.62. The van der Waals surface area contributed by atoms with Gasteiger partial charge in [0.05, 0.1) is 31.9 Å². The largest absolute Gasteiger partial charge is 0.496 e. The van der Waals surface area contributed by atoms with Crippen molar-refractivity contribution in [3.05, 3.63) is 53.0 Å². The van der Waals surface area contributed by atoms with E-state index in [9.17, 15) is 13.2 Å². The van der Waals surface area contributed by atoms with Gasteiger partial charge in [-0.1, -0.05) is 0 Å². The first-order valence-corrected chi connectivity index (χ1v) is 11.2. The van der Waals surface area contributed by atoms with E-state index in [4.69, 9.17) is 24.1 Å². The molecule has 2 N–H and O–H groups in total. The number of hydrogen-bond acceptors (Lipinski definition) is 9. The summed E-state index contributed by atoms with van der Waals surface area (Å²) >= 11 is 1.38. The van der Waals surface area contributed by atoms with E-state index >= 15 is 0 Å². The second-order valence-electron chi connectivity index (χ2n) is 6.20. The average molecular weight is 465 g/mol. The lowest BCUT2D eigenvalue weighted by Crippen LogP contribution is -2.14. The Bertz CT molecular complexity index is 1210. The summed E-state index contributed by atoms with van der Waals surface area (Å²) in [7, 11) is 0.483. The van der Waals surface area contributed by atoms with Crippen LogP contribution in [0, 0.1) is 0 Å². The Labute approximate surface area is 183 Å². The summed E-state index contributed by atoms with van der Waals surface area (Å²) in [5.41, 5.74) is 1.30. The SMILES string of the molecule is COc1ccc(-c2nc(COC(=O)c3cc(S(N)(=O)=O)ccc3OC)cs2)cc1OC. The molecule has 2 aromatic carbocycles. The fraction of sp³-hybridized carbons (Fsp3) is 0.200. The summed E-state index contributed by atoms with van der Waals surface area (Å²) in [5.74, 6) is 0.586. The van der Waals surface area contributed by atoms with Crippen LogP contribution in [-0.2, 0) is 21.4 Å². The number of methoxy groups -OCH3 is 3. The first kappa shape index (κ1) is 22.5. The van der Waals surface area contributed by atoms with Crippen molar-refractivity contribution in [1.82, 2.24) is 4.98 Å². The summed E-state index contributed by atoms with van der Waals surface area (Å²) in [5, 5.41) is 7.60. The minimum Gasteiger partial charge on any atom is -0.496 e. The second kappa shape index (κ2) is 9.33. The van der Waals surface area contributed by atoms with Crippen molar-refractivity contribution in [3.8, 4) is 27.8 Å². The molecule has 0 radical (unpaired) electrons. The number of nitrogens with zero attached hydrogens (tertiary/aromatic N) is 1. The number of benzene rings is 2. The minimum atomic E-state index is -3.98. The molecule has 0 unspecified atom stereocenters. The number of rotatable bonds is 8. The molecule has 1 heterocycles. The van der Waals surface area contributed by atoms with Crippen LogP contribution < -0.4 is 19.3 Å². The number of thiazole rings is 1. The number of hydrogen-bond donors (Lipinski definition) is 1. The normalized spacial score (nSPS) is 11.1. The van der Waals surface area contributed by atoms with Crippen LogP contribution in [-0.4, -0.2) is 40.7 Å². The Hall–Kier alpha value is -3.15. The van der Waals surface area contributed by atoms with Gasteiger partial charge in [-0.25, -0.2) is 23.3 Å². The first-order chi connectivity index (χ1) is 14.8. The van der Waals surface area contributed by atoms with Crippen molar-refractivity contribution in [3.63, 3.8) is 0 Å². The van der Waals surface area contributed by atoms with Gasteiger partial charge < -0.3 is 18.9 Å². The van der Waals surface area contributed by atoms with Crippen molar-refractivity contribution < 1.29 is 32.2 Å². The maximum atomic E-state index is 12.5. The third kappa shape index (κ3) is 5.13. The Morgan fingerprint density at radius 2 is 1.68 bits per heavy atom. The standard InChI is InChI=1S/C20H20N2O7S2/c1-26-16-7-5-14(31(21,24)25)9-15(16)20(23)29-10-13-11-30-19(22-13)12-4-6-17(27-2)18(8-12)28-3/h4-9,11H,10H2,1-3H3,(H2,21,24,25). The summed E-state index contributed by atoms with van der Waals surface area (Å²) in [6.45, 7) is -0.106. The number of carbonyl (C=O) groups is 1. The molecule has 0 bridgehead atoms. The Kier molecular flexibility index (Phi) is 6.78. The van der Waals surface area contributed by atoms with Crippen LogP contribution in [0.5, 0.6) is 17.2 Å². The van der Waals surface area contributed by atoms with Crippen LogP contribution in [0.2, 0.25) is 0 Å². The van der Waals surface area contributed by atoms with Gasteiger partial charge in [0, 0.05) is 10.9 Å². The minimum absolute atomic E-state index is 0.0515. The van der Waals surface area contributed by atoms with Gasteiger partial charge in [0.15, 0.2) is 11.5 Å². The van der Waals surface area contributed by atoms with Crippen molar-refractivity contribution >= 4 is 27.3 Å². The lowest BCUT2D eigenvalue weighted by Gasteiger charge is -2.09. The van der Waals surface area contributed by atoms with Gasteiger partial charge in [-0.3, -0.25) is 0 Å². The van der Waals surface area contributed by atoms with Gasteiger partial charge in [-0.2, -0.15) is 0 Å². The van der Waals surface area contributed by atoms with E-state index in [0.717, 1.165) is 11.6 Å². The molecule has 9 nitrogen and oxygen atoms in total. The number of carbonyl (C=O) groups excluding carboxylic acids is 1. The third-order valence-corrected chi connectivity index (χ3v) is 6.10. The highest BCUT2D eigenvalue weighted by atomic mass is 32.2. The molecule has 11 heteroatoms. The fourth-order valence-electron chi connectivity index (χ4n) is 2.72. The molecule has 0 fully saturated rings. The summed E-state index contributed by atoms with van der Waals surface area (Å²) < 4.78 is 44.1. The lowest BCUT2D eigenvalue weighted by molar-refractivity contribution is 0.0464. The van der Waals surface area contributed by atoms with E-state index < -0.39 is 16.0 Å². The Balaban J connectivity index is 1.76. The van der Waals surface area contributed by atoms with Crippen molar-refractivity contribution in [1.29, 1.82) is 0 Å². The molecule has 0 aliphatic carbocycles. The number of ether oxygens (including phenoxy) is 4. The van der Waals surface area contributed by atoms with Crippen LogP contribution in [0.15, 0.2) is 46.7 Å². The molecule has 31 heavy (non-hydrogen) atoms. The molecular weight excluding hydrogens is 444 g/mol. The number of nitrogens with two attached hydrogens (primary N) is 1. The predicted octanol–water partition coefficient (Wildman–Crippen LogP) is 2.84. The molecule has 164 valence electrons. The van der Waals surface area contributed by atoms with Crippen LogP contribution in [0.4, 0.5) is 0 Å². The highest BCUT2D eigenvalue weighted by Gasteiger charge is 2.19. The number of sulfonamides is 1. The van der Waals surface area contributed by atoms with E-state index in [2.05, 4.69) is 4.98 Å². The highest BCUT2D eigenvalue weighted by Crippen LogP contribution is 2.33. The molecular formula is C20H20N2O7S2. The summed E-state index contributed by atoms with van der Waals surface area (Å²) in [6, 6.07) is 9.14. The molecule has 0 amide bonds. The van der Waals surface area contributed by atoms with Gasteiger partial charge >= 0.3 is 5.97 Å². The molecule has 0 saturated heterocycles. The van der Waals surface area contributed by atoms with E-state index in [1.54, 1.807) is 31.7 Å². The van der Waals surface area contributed by atoms with Crippen LogP contribution in [0.1, 0.15) is 16.1 Å². The lowest BCUT2D eigenvalue weighted by atomic mass is 10.2. The third-order valence-electron chi connectivity index (χ3n) is 4.25. The summed E-state index contributed by atoms with van der Waals surface area (Å²) in [4.78, 5) is 16.8. The first-order valence-electron chi connectivity index (χ1n) is 8.81. The highest BCUT2D eigenvalue weighted by molar-refractivity contribution is 7.89. The number of primary sulfonamides is 1. The quantitative estimate of drug-likeness (QED) is 0.504. The zero-order valence-corrected chi connectivity index (χ0v) is 18.6. The van der Waals surface area contributed by atoms with E-state index in [-0.39, 0.29) is 22.8 Å². The van der Waals surface area contributed by atoms with Crippen LogP contribution >= 0.6 is 11.3 Å². The molecule has 0 aliphatic rings. The molecule has 0 atom stereocenters. The van der Waals surface area contributed by atoms with E-state index in [1.165, 1.54) is 30.6 Å². The Morgan fingerprint density at radius 3 is 2.32 bits per heavy atom. The fourth-order valence-corrected chi connectivity index (χ4v) is 4.06. The zero-order chi connectivity index (χ0) is 22.6. The van der Waals surface area contributed by atoms with Crippen molar-refractivity contribution in [2.75, 3.05) is 21.3 Å². The Morgan fingerprint density at radius 1 is 1.00 bits per heavy atom. The molecule has 1 aromatic heterocycles. The predicted molar refractivity (Wildman–Crippen MR) is 114 cm³/mol. The molecule has 0 saturated carbocycles. The molecule has 3 aromatic rings. The van der Waals surface area contributed by atoms with Crippen molar-refractivity contribution in [2.45, 2.75) is 11.5 Å². The monoisotopic (exact) mass is 464 g/mol. The summed E-state index contributed by atoms with van der Waals surface area (Å²) in [6.07, 6.45) is 0. The van der Waals surface area contributed by atoms with Crippen LogP contribution in [0.25, 0.3) is 10.6 Å².